The standard InChI is InChI=1S/C9H11O2.C3H7NO/c1-7-4-5-8(10-2)6-9(7)11-3;1-4(2)3-5/h4-6H,1H2,2-3H3;3H,1-2H3. The van der Waals surface area contributed by atoms with E-state index in [0.717, 1.165) is 23.5 Å². The fourth-order valence-electron chi connectivity index (χ4n) is 0.852. The van der Waals surface area contributed by atoms with Gasteiger partial charge in [0, 0.05) is 20.2 Å². The SMILES string of the molecule is CN(C)C=O.[CH2]c1ccc(OC)cc1OC. The summed E-state index contributed by atoms with van der Waals surface area (Å²) in [7, 11) is 6.61. The molecule has 1 radical (unpaired) electrons. The lowest BCUT2D eigenvalue weighted by molar-refractivity contribution is -0.115. The molecule has 0 aliphatic rings. The number of hydrogen-bond acceptors (Lipinski definition) is 3. The van der Waals surface area contributed by atoms with E-state index in [2.05, 4.69) is 6.92 Å². The summed E-state index contributed by atoms with van der Waals surface area (Å²) in [6.45, 7) is 3.79. The average molecular weight is 224 g/mol. The lowest BCUT2D eigenvalue weighted by Crippen LogP contribution is -2.06. The molecule has 0 N–H and O–H groups in total. The maximum atomic E-state index is 9.43. The lowest BCUT2D eigenvalue weighted by Gasteiger charge is -2.05. The van der Waals surface area contributed by atoms with Crippen molar-refractivity contribution in [2.45, 2.75) is 0 Å². The van der Waals surface area contributed by atoms with Crippen molar-refractivity contribution < 1.29 is 14.3 Å². The third kappa shape index (κ3) is 5.24. The number of carbonyl (C=O) groups is 1. The van der Waals surface area contributed by atoms with Crippen LogP contribution < -0.4 is 9.47 Å². The van der Waals surface area contributed by atoms with E-state index in [1.54, 1.807) is 28.3 Å². The molecule has 1 rings (SSSR count). The predicted octanol–water partition coefficient (Wildman–Crippen LogP) is 1.59. The number of carbonyl (C=O) groups excluding carboxylic acids is 1. The summed E-state index contributed by atoms with van der Waals surface area (Å²) in [4.78, 5) is 10.9. The molecule has 0 spiro atoms. The molecule has 1 amide bonds. The fraction of sp³-hybridized carbons (Fsp3) is 0.333. The topological polar surface area (TPSA) is 38.8 Å². The van der Waals surface area contributed by atoms with Crippen LogP contribution in [0.2, 0.25) is 0 Å². The highest BCUT2D eigenvalue weighted by molar-refractivity contribution is 5.45. The van der Waals surface area contributed by atoms with Crippen molar-refractivity contribution in [3.05, 3.63) is 30.7 Å². The number of rotatable bonds is 3. The van der Waals surface area contributed by atoms with Gasteiger partial charge in [-0.3, -0.25) is 4.79 Å². The zero-order valence-corrected chi connectivity index (χ0v) is 10.2. The van der Waals surface area contributed by atoms with Crippen LogP contribution in [0.15, 0.2) is 18.2 Å². The van der Waals surface area contributed by atoms with Gasteiger partial charge in [0.1, 0.15) is 11.5 Å². The van der Waals surface area contributed by atoms with Gasteiger partial charge >= 0.3 is 0 Å². The molecule has 0 saturated heterocycles. The van der Waals surface area contributed by atoms with Crippen LogP contribution in [0.1, 0.15) is 5.56 Å². The number of nitrogens with zero attached hydrogens (tertiary/aromatic N) is 1. The van der Waals surface area contributed by atoms with Crippen molar-refractivity contribution in [1.82, 2.24) is 4.90 Å². The van der Waals surface area contributed by atoms with Gasteiger partial charge in [0.25, 0.3) is 0 Å². The molecule has 4 heteroatoms. The van der Waals surface area contributed by atoms with Gasteiger partial charge in [0.05, 0.1) is 14.2 Å². The monoisotopic (exact) mass is 224 g/mol. The Morgan fingerprint density at radius 3 is 2.19 bits per heavy atom. The third-order valence-electron chi connectivity index (χ3n) is 1.71. The average Bonchev–Trinajstić information content (AvgIpc) is 2.30. The Kier molecular flexibility index (Phi) is 6.76. The molecule has 89 valence electrons. The highest BCUT2D eigenvalue weighted by atomic mass is 16.5. The second-order valence-electron chi connectivity index (χ2n) is 3.25. The number of hydrogen-bond donors (Lipinski definition) is 0. The van der Waals surface area contributed by atoms with Crippen LogP contribution in [0, 0.1) is 6.92 Å². The van der Waals surface area contributed by atoms with E-state index in [-0.39, 0.29) is 0 Å². The largest absolute Gasteiger partial charge is 0.497 e. The van der Waals surface area contributed by atoms with Crippen LogP contribution in [0.5, 0.6) is 11.5 Å². The van der Waals surface area contributed by atoms with Crippen LogP contribution in [0.25, 0.3) is 0 Å². The van der Waals surface area contributed by atoms with E-state index in [1.165, 1.54) is 4.90 Å². The van der Waals surface area contributed by atoms with Crippen LogP contribution in [0.3, 0.4) is 0 Å². The Morgan fingerprint density at radius 1 is 1.25 bits per heavy atom. The number of benzene rings is 1. The molecule has 0 saturated carbocycles. The molecule has 0 heterocycles. The number of methoxy groups -OCH3 is 2. The first kappa shape index (κ1) is 14.3. The summed E-state index contributed by atoms with van der Waals surface area (Å²) >= 11 is 0. The minimum absolute atomic E-state index is 0.750. The molecule has 16 heavy (non-hydrogen) atoms. The summed E-state index contributed by atoms with van der Waals surface area (Å²) in [5, 5.41) is 0. The first-order valence-electron chi connectivity index (χ1n) is 4.70. The highest BCUT2D eigenvalue weighted by Crippen LogP contribution is 2.22. The zero-order valence-electron chi connectivity index (χ0n) is 10.2. The van der Waals surface area contributed by atoms with Gasteiger partial charge in [0.2, 0.25) is 6.41 Å². The molecule has 0 atom stereocenters. The van der Waals surface area contributed by atoms with E-state index < -0.39 is 0 Å². The third-order valence-corrected chi connectivity index (χ3v) is 1.71. The Hall–Kier alpha value is -1.71. The Bertz CT molecular complexity index is 324. The summed E-state index contributed by atoms with van der Waals surface area (Å²) in [5.41, 5.74) is 0.869. The quantitative estimate of drug-likeness (QED) is 0.732. The number of ether oxygens (including phenoxy) is 2. The van der Waals surface area contributed by atoms with Crippen molar-refractivity contribution in [2.24, 2.45) is 0 Å². The zero-order chi connectivity index (χ0) is 12.6. The summed E-state index contributed by atoms with van der Waals surface area (Å²) in [6, 6.07) is 5.52. The van der Waals surface area contributed by atoms with Crippen LogP contribution >= 0.6 is 0 Å². The predicted molar refractivity (Wildman–Crippen MR) is 63.8 cm³/mol. The van der Waals surface area contributed by atoms with E-state index in [9.17, 15) is 4.79 Å². The van der Waals surface area contributed by atoms with Crippen LogP contribution in [-0.4, -0.2) is 39.6 Å². The maximum absolute atomic E-state index is 9.43. The van der Waals surface area contributed by atoms with Gasteiger partial charge in [-0.15, -0.1) is 0 Å². The van der Waals surface area contributed by atoms with E-state index in [4.69, 9.17) is 9.47 Å². The lowest BCUT2D eigenvalue weighted by atomic mass is 10.2. The molecular formula is C12H18NO3. The van der Waals surface area contributed by atoms with Crippen molar-refractivity contribution in [3.8, 4) is 11.5 Å². The minimum Gasteiger partial charge on any atom is -0.497 e. The molecular weight excluding hydrogens is 206 g/mol. The Morgan fingerprint density at radius 2 is 1.81 bits per heavy atom. The molecule has 0 aliphatic carbocycles. The second-order valence-corrected chi connectivity index (χ2v) is 3.25. The fourth-order valence-corrected chi connectivity index (χ4v) is 0.852. The van der Waals surface area contributed by atoms with Crippen molar-refractivity contribution in [1.29, 1.82) is 0 Å². The minimum atomic E-state index is 0.750. The maximum Gasteiger partial charge on any atom is 0.209 e. The Balaban J connectivity index is 0.000000385. The molecule has 1 aromatic rings. The number of amides is 1. The summed E-state index contributed by atoms with van der Waals surface area (Å²) in [5.74, 6) is 1.54. The molecule has 4 nitrogen and oxygen atoms in total. The van der Waals surface area contributed by atoms with Gasteiger partial charge in [-0.05, 0) is 18.6 Å². The molecule has 0 aliphatic heterocycles. The van der Waals surface area contributed by atoms with Crippen molar-refractivity contribution in [2.75, 3.05) is 28.3 Å². The van der Waals surface area contributed by atoms with Gasteiger partial charge in [0.15, 0.2) is 0 Å². The van der Waals surface area contributed by atoms with Crippen LogP contribution in [-0.2, 0) is 4.79 Å². The van der Waals surface area contributed by atoms with Crippen molar-refractivity contribution in [3.63, 3.8) is 0 Å². The smallest absolute Gasteiger partial charge is 0.209 e. The van der Waals surface area contributed by atoms with E-state index >= 15 is 0 Å². The van der Waals surface area contributed by atoms with Crippen LogP contribution in [0.4, 0.5) is 0 Å². The first-order valence-corrected chi connectivity index (χ1v) is 4.70. The van der Waals surface area contributed by atoms with Gasteiger partial charge < -0.3 is 14.4 Å². The molecule has 0 fully saturated rings. The second kappa shape index (κ2) is 7.56. The van der Waals surface area contributed by atoms with Gasteiger partial charge in [-0.1, -0.05) is 6.07 Å². The van der Waals surface area contributed by atoms with E-state index in [0.29, 0.717) is 0 Å². The summed E-state index contributed by atoms with van der Waals surface area (Å²) < 4.78 is 10.0. The van der Waals surface area contributed by atoms with E-state index in [1.807, 2.05) is 18.2 Å². The van der Waals surface area contributed by atoms with Gasteiger partial charge in [-0.25, -0.2) is 0 Å². The highest BCUT2D eigenvalue weighted by Gasteiger charge is 1.98. The summed E-state index contributed by atoms with van der Waals surface area (Å²) in [6.07, 6.45) is 0.750. The van der Waals surface area contributed by atoms with Crippen molar-refractivity contribution >= 4 is 6.41 Å². The molecule has 0 bridgehead atoms. The molecule has 1 aromatic carbocycles. The first-order chi connectivity index (χ1) is 7.54. The van der Waals surface area contributed by atoms with Gasteiger partial charge in [-0.2, -0.15) is 0 Å². The molecule has 0 unspecified atom stereocenters. The molecule has 0 aromatic heterocycles. The Labute approximate surface area is 96.8 Å². The normalized spacial score (nSPS) is 8.56.